The van der Waals surface area contributed by atoms with E-state index in [0.717, 1.165) is 22.4 Å². The minimum absolute atomic E-state index is 0.309. The fourth-order valence-electron chi connectivity index (χ4n) is 2.39. The number of rotatable bonds is 6. The van der Waals surface area contributed by atoms with E-state index >= 15 is 0 Å². The van der Waals surface area contributed by atoms with Gasteiger partial charge in [0.15, 0.2) is 0 Å². The Morgan fingerprint density at radius 2 is 1.64 bits per heavy atom. The zero-order valence-corrected chi connectivity index (χ0v) is 13.9. The minimum Gasteiger partial charge on any atom is -0.488 e. The van der Waals surface area contributed by atoms with E-state index < -0.39 is 0 Å². The number of hydrogen-bond acceptors (Lipinski definition) is 2. The second kappa shape index (κ2) is 7.46. The van der Waals surface area contributed by atoms with Crippen molar-refractivity contribution in [3.8, 4) is 5.75 Å². The highest BCUT2D eigenvalue weighted by molar-refractivity contribution is 6.64. The van der Waals surface area contributed by atoms with Crippen LogP contribution in [0, 0.1) is 0 Å². The summed E-state index contributed by atoms with van der Waals surface area (Å²) in [6, 6.07) is 15.9. The van der Waals surface area contributed by atoms with E-state index in [4.69, 9.17) is 16.3 Å². The molecule has 0 fully saturated rings. The van der Waals surface area contributed by atoms with Crippen LogP contribution in [0.15, 0.2) is 48.5 Å². The molecule has 3 heteroatoms. The number of hydrogen-bond donors (Lipinski definition) is 0. The Hall–Kier alpha value is -1.80. The summed E-state index contributed by atoms with van der Waals surface area (Å²) in [6.07, 6.45) is 0. The van der Waals surface area contributed by atoms with Crippen molar-refractivity contribution in [2.45, 2.75) is 39.2 Å². The van der Waals surface area contributed by atoms with Crippen LogP contribution in [0.2, 0.25) is 0 Å². The molecule has 0 heterocycles. The van der Waals surface area contributed by atoms with Crippen LogP contribution in [0.25, 0.3) is 0 Å². The van der Waals surface area contributed by atoms with Crippen molar-refractivity contribution in [2.24, 2.45) is 0 Å². The zero-order chi connectivity index (χ0) is 16.1. The average Bonchev–Trinajstić information content (AvgIpc) is 2.52. The molecule has 0 aliphatic carbocycles. The van der Waals surface area contributed by atoms with Crippen molar-refractivity contribution in [1.29, 1.82) is 0 Å². The molecule has 2 aromatic rings. The van der Waals surface area contributed by atoms with Gasteiger partial charge in [0.1, 0.15) is 12.4 Å². The molecule has 0 saturated heterocycles. The predicted molar refractivity (Wildman–Crippen MR) is 90.6 cm³/mol. The smallest absolute Gasteiger partial charge is 0.228 e. The lowest BCUT2D eigenvalue weighted by Crippen LogP contribution is -2.08. The van der Waals surface area contributed by atoms with Crippen LogP contribution >= 0.6 is 11.6 Å². The number of halogens is 1. The maximum absolute atomic E-state index is 11.6. The minimum atomic E-state index is -0.383. The quantitative estimate of drug-likeness (QED) is 0.680. The molecule has 2 rings (SSSR count). The second-order valence-electron chi connectivity index (χ2n) is 5.72. The predicted octanol–water partition coefficient (Wildman–Crippen LogP) is 5.26. The molecule has 0 spiro atoms. The van der Waals surface area contributed by atoms with Gasteiger partial charge in [0, 0.05) is 5.56 Å². The molecule has 0 aliphatic heterocycles. The fraction of sp³-hybridized carbons (Fsp3) is 0.316. The Morgan fingerprint density at radius 1 is 1.00 bits per heavy atom. The molecular weight excluding hydrogens is 296 g/mol. The van der Waals surface area contributed by atoms with E-state index in [9.17, 15) is 4.79 Å². The van der Waals surface area contributed by atoms with Gasteiger partial charge in [-0.2, -0.15) is 0 Å². The van der Waals surface area contributed by atoms with Crippen molar-refractivity contribution in [3.63, 3.8) is 0 Å². The summed E-state index contributed by atoms with van der Waals surface area (Å²) in [7, 11) is 0. The molecule has 1 unspecified atom stereocenters. The van der Waals surface area contributed by atoms with Gasteiger partial charge in [0.2, 0.25) is 5.24 Å². The first-order valence-corrected chi connectivity index (χ1v) is 7.87. The third-order valence-electron chi connectivity index (χ3n) is 3.73. The highest BCUT2D eigenvalue weighted by atomic mass is 35.5. The second-order valence-corrected chi connectivity index (χ2v) is 6.09. The third-order valence-corrected chi connectivity index (χ3v) is 4.06. The van der Waals surface area contributed by atoms with E-state index in [1.807, 2.05) is 55.5 Å². The molecule has 0 aromatic heterocycles. The van der Waals surface area contributed by atoms with Gasteiger partial charge in [-0.3, -0.25) is 4.79 Å². The summed E-state index contributed by atoms with van der Waals surface area (Å²) in [5.41, 5.74) is 3.04. The van der Waals surface area contributed by atoms with Gasteiger partial charge < -0.3 is 4.74 Å². The molecule has 0 aliphatic rings. The lowest BCUT2D eigenvalue weighted by molar-refractivity contribution is -0.112. The first-order chi connectivity index (χ1) is 10.5. The van der Waals surface area contributed by atoms with Crippen LogP contribution < -0.4 is 4.74 Å². The summed E-state index contributed by atoms with van der Waals surface area (Å²) in [5.74, 6) is 0.706. The van der Waals surface area contributed by atoms with Gasteiger partial charge >= 0.3 is 0 Å². The lowest BCUT2D eigenvalue weighted by atomic mass is 9.93. The van der Waals surface area contributed by atoms with Gasteiger partial charge in [-0.25, -0.2) is 0 Å². The van der Waals surface area contributed by atoms with E-state index in [1.165, 1.54) is 0 Å². The Morgan fingerprint density at radius 3 is 2.23 bits per heavy atom. The molecule has 0 amide bonds. The normalized spacial score (nSPS) is 12.2. The van der Waals surface area contributed by atoms with E-state index in [2.05, 4.69) is 13.8 Å². The monoisotopic (exact) mass is 316 g/mol. The van der Waals surface area contributed by atoms with Crippen molar-refractivity contribution >= 4 is 16.8 Å². The molecule has 0 radical (unpaired) electrons. The fourth-order valence-corrected chi connectivity index (χ4v) is 2.51. The highest BCUT2D eigenvalue weighted by Gasteiger charge is 2.21. The van der Waals surface area contributed by atoms with Crippen molar-refractivity contribution in [2.75, 3.05) is 0 Å². The van der Waals surface area contributed by atoms with Crippen molar-refractivity contribution in [3.05, 3.63) is 65.2 Å². The summed E-state index contributed by atoms with van der Waals surface area (Å²) in [4.78, 5) is 11.6. The number of carbonyl (C=O) groups is 1. The number of para-hydroxylation sites is 1. The van der Waals surface area contributed by atoms with Crippen LogP contribution in [0.5, 0.6) is 5.75 Å². The van der Waals surface area contributed by atoms with Gasteiger partial charge in [-0.1, -0.05) is 62.4 Å². The van der Waals surface area contributed by atoms with Gasteiger partial charge in [-0.15, -0.1) is 0 Å². The molecule has 0 saturated carbocycles. The molecule has 2 aromatic carbocycles. The Kier molecular flexibility index (Phi) is 5.62. The Balaban J connectivity index is 2.35. The first-order valence-electron chi connectivity index (χ1n) is 7.49. The van der Waals surface area contributed by atoms with Crippen LogP contribution in [-0.4, -0.2) is 5.24 Å². The summed E-state index contributed by atoms with van der Waals surface area (Å²) in [6.45, 7) is 6.51. The molecule has 0 bridgehead atoms. The number of ether oxygens (including phenoxy) is 1. The summed E-state index contributed by atoms with van der Waals surface area (Å²) >= 11 is 5.69. The number of carbonyl (C=O) groups excluding carboxylic acids is 1. The molecule has 22 heavy (non-hydrogen) atoms. The summed E-state index contributed by atoms with van der Waals surface area (Å²) < 4.78 is 6.08. The number of benzene rings is 2. The van der Waals surface area contributed by atoms with Crippen LogP contribution in [0.3, 0.4) is 0 Å². The van der Waals surface area contributed by atoms with E-state index in [-0.39, 0.29) is 11.2 Å². The van der Waals surface area contributed by atoms with Gasteiger partial charge in [0.05, 0.1) is 5.92 Å². The SMILES string of the molecule is CC(C)c1cccc(C(C)C(=O)Cl)c1OCc1ccccc1. The molecule has 1 atom stereocenters. The van der Waals surface area contributed by atoms with Crippen LogP contribution in [0.4, 0.5) is 0 Å². The first kappa shape index (κ1) is 16.6. The van der Waals surface area contributed by atoms with E-state index in [0.29, 0.717) is 12.5 Å². The maximum atomic E-state index is 11.6. The summed E-state index contributed by atoms with van der Waals surface area (Å²) in [5, 5.41) is -0.370. The standard InChI is InChI=1S/C19H21ClO2/c1-13(2)16-10-7-11-17(14(3)19(20)21)18(16)22-12-15-8-5-4-6-9-15/h4-11,13-14H,12H2,1-3H3. The Labute approximate surface area is 137 Å². The topological polar surface area (TPSA) is 26.3 Å². The lowest BCUT2D eigenvalue weighted by Gasteiger charge is -2.20. The zero-order valence-electron chi connectivity index (χ0n) is 13.2. The highest BCUT2D eigenvalue weighted by Crippen LogP contribution is 2.35. The third kappa shape index (κ3) is 3.89. The van der Waals surface area contributed by atoms with Gasteiger partial charge in [-0.05, 0) is 35.6 Å². The average molecular weight is 317 g/mol. The largest absolute Gasteiger partial charge is 0.488 e. The van der Waals surface area contributed by atoms with E-state index in [1.54, 1.807) is 0 Å². The molecular formula is C19H21ClO2. The molecule has 0 N–H and O–H groups in total. The Bertz CT molecular complexity index is 635. The van der Waals surface area contributed by atoms with Crippen LogP contribution in [-0.2, 0) is 11.4 Å². The maximum Gasteiger partial charge on any atom is 0.228 e. The molecule has 116 valence electrons. The van der Waals surface area contributed by atoms with Crippen molar-refractivity contribution in [1.82, 2.24) is 0 Å². The van der Waals surface area contributed by atoms with Crippen LogP contribution in [0.1, 0.15) is 49.3 Å². The van der Waals surface area contributed by atoms with Gasteiger partial charge in [0.25, 0.3) is 0 Å². The van der Waals surface area contributed by atoms with Crippen molar-refractivity contribution < 1.29 is 9.53 Å². The molecule has 2 nitrogen and oxygen atoms in total.